The minimum Gasteiger partial charge on any atom is -0.354 e. The van der Waals surface area contributed by atoms with Crippen molar-refractivity contribution in [3.63, 3.8) is 0 Å². The molecule has 0 aromatic rings. The maximum atomic E-state index is 11.7. The first-order valence-corrected chi connectivity index (χ1v) is 7.37. The molecular formula is C11H21N3O2S. The van der Waals surface area contributed by atoms with Gasteiger partial charge < -0.3 is 16.4 Å². The van der Waals surface area contributed by atoms with E-state index in [1.165, 1.54) is 0 Å². The molecule has 98 valence electrons. The second kappa shape index (κ2) is 7.55. The highest BCUT2D eigenvalue weighted by Crippen LogP contribution is 2.06. The summed E-state index contributed by atoms with van der Waals surface area (Å²) < 4.78 is 0. The van der Waals surface area contributed by atoms with E-state index in [0.29, 0.717) is 19.4 Å². The molecule has 1 aliphatic rings. The maximum Gasteiger partial charge on any atom is 0.242 e. The standard InChI is InChI=1S/C11H21N3O2S/c1-17-7-5-8(12)10(15)14-9-4-2-3-6-13-11(9)16/h8-9H,2-7,12H2,1H3,(H,13,16)(H,14,15)/t8-,9?/m0/s1. The Bertz CT molecular complexity index is 273. The van der Waals surface area contributed by atoms with Crippen LogP contribution in [0, 0.1) is 0 Å². The van der Waals surface area contributed by atoms with Crippen LogP contribution in [0.2, 0.25) is 0 Å². The molecule has 1 fully saturated rings. The van der Waals surface area contributed by atoms with Gasteiger partial charge in [0.25, 0.3) is 0 Å². The molecule has 0 bridgehead atoms. The normalized spacial score (nSPS) is 22.5. The average Bonchev–Trinajstić information content (AvgIpc) is 2.52. The smallest absolute Gasteiger partial charge is 0.242 e. The van der Waals surface area contributed by atoms with Crippen LogP contribution in [0.3, 0.4) is 0 Å². The summed E-state index contributed by atoms with van der Waals surface area (Å²) in [6.07, 6.45) is 5.23. The molecule has 0 aromatic heterocycles. The van der Waals surface area contributed by atoms with E-state index in [4.69, 9.17) is 5.73 Å². The van der Waals surface area contributed by atoms with Gasteiger partial charge in [-0.2, -0.15) is 11.8 Å². The molecule has 1 aliphatic heterocycles. The SMILES string of the molecule is CSCC[C@H](N)C(=O)NC1CCCCNC1=O. The third kappa shape index (κ3) is 4.95. The molecule has 2 amide bonds. The molecule has 5 nitrogen and oxygen atoms in total. The number of thioether (sulfide) groups is 1. The fourth-order valence-corrected chi connectivity index (χ4v) is 2.22. The van der Waals surface area contributed by atoms with Crippen LogP contribution in [-0.4, -0.2) is 42.5 Å². The number of rotatable bonds is 5. The van der Waals surface area contributed by atoms with E-state index in [-0.39, 0.29) is 11.8 Å². The highest BCUT2D eigenvalue weighted by Gasteiger charge is 2.24. The van der Waals surface area contributed by atoms with Gasteiger partial charge in [-0.25, -0.2) is 0 Å². The molecule has 4 N–H and O–H groups in total. The zero-order valence-corrected chi connectivity index (χ0v) is 11.0. The Kier molecular flexibility index (Phi) is 6.36. The van der Waals surface area contributed by atoms with Gasteiger partial charge in [0.1, 0.15) is 6.04 Å². The first kappa shape index (κ1) is 14.3. The van der Waals surface area contributed by atoms with Crippen molar-refractivity contribution in [2.24, 2.45) is 5.73 Å². The second-order valence-electron chi connectivity index (χ2n) is 4.24. The van der Waals surface area contributed by atoms with Gasteiger partial charge in [-0.05, 0) is 37.7 Å². The summed E-state index contributed by atoms with van der Waals surface area (Å²) in [6, 6.07) is -0.927. The summed E-state index contributed by atoms with van der Waals surface area (Å²) in [5, 5.41) is 5.52. The van der Waals surface area contributed by atoms with E-state index in [0.717, 1.165) is 18.6 Å². The molecule has 1 rings (SSSR count). The first-order chi connectivity index (χ1) is 8.15. The van der Waals surface area contributed by atoms with Crippen LogP contribution in [-0.2, 0) is 9.59 Å². The molecule has 0 aliphatic carbocycles. The summed E-state index contributed by atoms with van der Waals surface area (Å²) in [6.45, 7) is 0.698. The quantitative estimate of drug-likeness (QED) is 0.641. The van der Waals surface area contributed by atoms with Crippen molar-refractivity contribution in [3.8, 4) is 0 Å². The number of hydrogen-bond donors (Lipinski definition) is 3. The minimum absolute atomic E-state index is 0.0899. The molecule has 6 heteroatoms. The van der Waals surface area contributed by atoms with E-state index < -0.39 is 12.1 Å². The van der Waals surface area contributed by atoms with E-state index >= 15 is 0 Å². The molecule has 17 heavy (non-hydrogen) atoms. The monoisotopic (exact) mass is 259 g/mol. The van der Waals surface area contributed by atoms with E-state index in [2.05, 4.69) is 10.6 Å². The van der Waals surface area contributed by atoms with Crippen LogP contribution in [0.1, 0.15) is 25.7 Å². The highest BCUT2D eigenvalue weighted by molar-refractivity contribution is 7.98. The van der Waals surface area contributed by atoms with Crippen LogP contribution in [0.5, 0.6) is 0 Å². The van der Waals surface area contributed by atoms with Gasteiger partial charge in [-0.3, -0.25) is 9.59 Å². The van der Waals surface area contributed by atoms with Crippen molar-refractivity contribution in [2.45, 2.75) is 37.8 Å². The molecule has 1 heterocycles. The molecule has 0 saturated carbocycles. The number of amides is 2. The first-order valence-electron chi connectivity index (χ1n) is 5.97. The lowest BCUT2D eigenvalue weighted by atomic mass is 10.1. The van der Waals surface area contributed by atoms with Gasteiger partial charge >= 0.3 is 0 Å². The summed E-state index contributed by atoms with van der Waals surface area (Å²) >= 11 is 1.66. The lowest BCUT2D eigenvalue weighted by Gasteiger charge is -2.18. The zero-order valence-electron chi connectivity index (χ0n) is 10.2. The zero-order chi connectivity index (χ0) is 12.7. The highest BCUT2D eigenvalue weighted by atomic mass is 32.2. The van der Waals surface area contributed by atoms with Gasteiger partial charge in [0.05, 0.1) is 6.04 Å². The molecule has 0 aromatic carbocycles. The number of nitrogens with one attached hydrogen (secondary N) is 2. The van der Waals surface area contributed by atoms with Crippen LogP contribution < -0.4 is 16.4 Å². The van der Waals surface area contributed by atoms with E-state index in [9.17, 15) is 9.59 Å². The molecule has 0 radical (unpaired) electrons. The third-order valence-corrected chi connectivity index (χ3v) is 3.47. The average molecular weight is 259 g/mol. The Morgan fingerprint density at radius 1 is 1.65 bits per heavy atom. The number of carbonyl (C=O) groups is 2. The molecule has 1 saturated heterocycles. The Hall–Kier alpha value is -0.750. The number of carbonyl (C=O) groups excluding carboxylic acids is 2. The summed E-state index contributed by atoms with van der Waals surface area (Å²) in [4.78, 5) is 23.4. The Labute approximate surface area is 106 Å². The van der Waals surface area contributed by atoms with Gasteiger partial charge in [0.15, 0.2) is 0 Å². The van der Waals surface area contributed by atoms with Gasteiger partial charge in [-0.1, -0.05) is 0 Å². The Balaban J connectivity index is 2.40. The topological polar surface area (TPSA) is 84.2 Å². The minimum atomic E-state index is -0.515. The second-order valence-corrected chi connectivity index (χ2v) is 5.22. The number of hydrogen-bond acceptors (Lipinski definition) is 4. The van der Waals surface area contributed by atoms with Crippen molar-refractivity contribution >= 4 is 23.6 Å². The Morgan fingerprint density at radius 3 is 3.12 bits per heavy atom. The Morgan fingerprint density at radius 2 is 2.41 bits per heavy atom. The lowest BCUT2D eigenvalue weighted by molar-refractivity contribution is -0.129. The van der Waals surface area contributed by atoms with Crippen molar-refractivity contribution in [1.29, 1.82) is 0 Å². The van der Waals surface area contributed by atoms with Crippen LogP contribution >= 0.6 is 11.8 Å². The van der Waals surface area contributed by atoms with Gasteiger partial charge in [0, 0.05) is 6.54 Å². The van der Waals surface area contributed by atoms with Crippen molar-refractivity contribution in [1.82, 2.24) is 10.6 Å². The van der Waals surface area contributed by atoms with Crippen LogP contribution in [0.25, 0.3) is 0 Å². The fraction of sp³-hybridized carbons (Fsp3) is 0.818. The molecule has 2 atom stereocenters. The molecular weight excluding hydrogens is 238 g/mol. The summed E-state index contributed by atoms with van der Waals surface area (Å²) in [5.41, 5.74) is 5.75. The van der Waals surface area contributed by atoms with E-state index in [1.54, 1.807) is 11.8 Å². The van der Waals surface area contributed by atoms with Crippen molar-refractivity contribution in [2.75, 3.05) is 18.6 Å². The third-order valence-electron chi connectivity index (χ3n) is 2.82. The maximum absolute atomic E-state index is 11.7. The molecule has 0 spiro atoms. The van der Waals surface area contributed by atoms with Crippen LogP contribution in [0.4, 0.5) is 0 Å². The number of nitrogens with two attached hydrogens (primary N) is 1. The summed E-state index contributed by atoms with van der Waals surface area (Å²) in [7, 11) is 0. The van der Waals surface area contributed by atoms with Gasteiger partial charge in [0.2, 0.25) is 11.8 Å². The van der Waals surface area contributed by atoms with Crippen molar-refractivity contribution < 1.29 is 9.59 Å². The fourth-order valence-electron chi connectivity index (χ4n) is 1.73. The lowest BCUT2D eigenvalue weighted by Crippen LogP contribution is -2.50. The van der Waals surface area contributed by atoms with Crippen LogP contribution in [0.15, 0.2) is 0 Å². The largest absolute Gasteiger partial charge is 0.354 e. The predicted octanol–water partition coefficient (Wildman–Crippen LogP) is -0.148. The van der Waals surface area contributed by atoms with E-state index in [1.807, 2.05) is 6.26 Å². The van der Waals surface area contributed by atoms with Gasteiger partial charge in [-0.15, -0.1) is 0 Å². The van der Waals surface area contributed by atoms with Crippen molar-refractivity contribution in [3.05, 3.63) is 0 Å². The molecule has 1 unspecified atom stereocenters. The predicted molar refractivity (Wildman–Crippen MR) is 69.8 cm³/mol. The summed E-state index contributed by atoms with van der Waals surface area (Å²) in [5.74, 6) is 0.542.